The molecule has 0 amide bonds. The van der Waals surface area contributed by atoms with Crippen molar-refractivity contribution in [1.29, 1.82) is 0 Å². The van der Waals surface area contributed by atoms with E-state index in [2.05, 4.69) is 0 Å². The topological polar surface area (TPSA) is 66.8 Å². The third-order valence-electron chi connectivity index (χ3n) is 5.35. The Morgan fingerprint density at radius 3 is 2.22 bits per heavy atom. The number of hydrogen-bond acceptors (Lipinski definition) is 5. The largest absolute Gasteiger partial charge is 0.513 e. The van der Waals surface area contributed by atoms with Crippen LogP contribution in [0.5, 0.6) is 5.75 Å². The molecule has 0 unspecified atom stereocenters. The molecule has 4 aromatic rings. The minimum Gasteiger partial charge on any atom is -0.449 e. The Morgan fingerprint density at radius 2 is 1.53 bits per heavy atom. The number of carbonyl (C=O) groups excluding carboxylic acids is 2. The van der Waals surface area contributed by atoms with Crippen molar-refractivity contribution in [3.05, 3.63) is 66.2 Å². The lowest BCUT2D eigenvalue weighted by Crippen LogP contribution is -2.15. The fraction of sp³-hybridized carbons (Fsp3) is 0.231. The zero-order chi connectivity index (χ0) is 22.7. The van der Waals surface area contributed by atoms with Gasteiger partial charge in [-0.25, -0.2) is 14.2 Å². The Balaban J connectivity index is 2.16. The van der Waals surface area contributed by atoms with Crippen molar-refractivity contribution in [2.45, 2.75) is 27.2 Å². The van der Waals surface area contributed by atoms with Crippen molar-refractivity contribution in [3.63, 3.8) is 0 Å². The molecule has 0 aliphatic heterocycles. The summed E-state index contributed by atoms with van der Waals surface area (Å²) in [6.07, 6.45) is -0.620. The standard InChI is InChI=1S/C26H25NO5/c1-4-18-22(32-26(29)31-6-3)16-20-19-14-10-11-15-21(19)27(25(28)30-5-2)24(20)23(18)17-12-8-7-9-13-17/h7-16H,4-6H2,1-3H3. The Morgan fingerprint density at radius 1 is 0.844 bits per heavy atom. The first-order valence-electron chi connectivity index (χ1n) is 10.8. The van der Waals surface area contributed by atoms with Gasteiger partial charge in [-0.2, -0.15) is 0 Å². The summed E-state index contributed by atoms with van der Waals surface area (Å²) in [5, 5.41) is 1.66. The average molecular weight is 431 g/mol. The molecule has 6 nitrogen and oxygen atoms in total. The highest BCUT2D eigenvalue weighted by molar-refractivity contribution is 6.17. The zero-order valence-corrected chi connectivity index (χ0v) is 18.4. The number of para-hydroxylation sites is 1. The normalized spacial score (nSPS) is 11.0. The van der Waals surface area contributed by atoms with Gasteiger partial charge in [0.2, 0.25) is 0 Å². The minimum atomic E-state index is -0.755. The highest BCUT2D eigenvalue weighted by atomic mass is 16.7. The molecule has 0 fully saturated rings. The van der Waals surface area contributed by atoms with Crippen LogP contribution in [0.3, 0.4) is 0 Å². The van der Waals surface area contributed by atoms with E-state index in [1.165, 1.54) is 0 Å². The molecule has 1 heterocycles. The molecule has 164 valence electrons. The van der Waals surface area contributed by atoms with Crippen LogP contribution in [0.25, 0.3) is 32.9 Å². The van der Waals surface area contributed by atoms with Gasteiger partial charge in [0, 0.05) is 21.9 Å². The Bertz CT molecular complexity index is 1290. The lowest BCUT2D eigenvalue weighted by molar-refractivity contribution is 0.104. The van der Waals surface area contributed by atoms with Crippen LogP contribution >= 0.6 is 0 Å². The molecule has 0 saturated heterocycles. The number of aromatic nitrogens is 1. The molecule has 0 atom stereocenters. The van der Waals surface area contributed by atoms with Crippen molar-refractivity contribution in [3.8, 4) is 16.9 Å². The molecule has 4 rings (SSSR count). The van der Waals surface area contributed by atoms with E-state index in [0.29, 0.717) is 12.2 Å². The van der Waals surface area contributed by atoms with Crippen molar-refractivity contribution < 1.29 is 23.8 Å². The average Bonchev–Trinajstić information content (AvgIpc) is 3.13. The summed E-state index contributed by atoms with van der Waals surface area (Å²) in [5.41, 5.74) is 4.01. The van der Waals surface area contributed by atoms with Gasteiger partial charge in [-0.15, -0.1) is 0 Å². The minimum absolute atomic E-state index is 0.218. The van der Waals surface area contributed by atoms with Gasteiger partial charge in [0.05, 0.1) is 24.2 Å². The fourth-order valence-electron chi connectivity index (χ4n) is 4.11. The molecule has 1 aromatic heterocycles. The van der Waals surface area contributed by atoms with Crippen LogP contribution in [0.1, 0.15) is 26.3 Å². The number of rotatable bonds is 5. The second-order valence-corrected chi connectivity index (χ2v) is 7.18. The Hall–Kier alpha value is -3.80. The zero-order valence-electron chi connectivity index (χ0n) is 18.4. The summed E-state index contributed by atoms with van der Waals surface area (Å²) < 4.78 is 17.7. The fourth-order valence-corrected chi connectivity index (χ4v) is 4.11. The van der Waals surface area contributed by atoms with E-state index in [9.17, 15) is 9.59 Å². The third kappa shape index (κ3) is 3.68. The molecular weight excluding hydrogens is 406 g/mol. The first-order chi connectivity index (χ1) is 15.6. The second kappa shape index (κ2) is 9.14. The summed E-state index contributed by atoms with van der Waals surface area (Å²) in [6, 6.07) is 19.2. The first kappa shape index (κ1) is 21.4. The quantitative estimate of drug-likeness (QED) is 0.264. The molecule has 0 radical (unpaired) electrons. The van der Waals surface area contributed by atoms with Gasteiger partial charge in [-0.3, -0.25) is 0 Å². The summed E-state index contributed by atoms with van der Waals surface area (Å²) in [7, 11) is 0. The predicted octanol–water partition coefficient (Wildman–Crippen LogP) is 6.56. The number of benzene rings is 3. The van der Waals surface area contributed by atoms with E-state index in [0.717, 1.165) is 38.5 Å². The number of hydrogen-bond donors (Lipinski definition) is 0. The third-order valence-corrected chi connectivity index (χ3v) is 5.35. The summed E-state index contributed by atoms with van der Waals surface area (Å²) in [4.78, 5) is 25.3. The van der Waals surface area contributed by atoms with E-state index in [1.54, 1.807) is 18.4 Å². The summed E-state index contributed by atoms with van der Waals surface area (Å²) in [5.74, 6) is 0.420. The van der Waals surface area contributed by atoms with Crippen molar-refractivity contribution >= 4 is 34.1 Å². The van der Waals surface area contributed by atoms with Crippen molar-refractivity contribution in [1.82, 2.24) is 4.57 Å². The molecule has 0 bridgehead atoms. The maximum atomic E-state index is 13.1. The van der Waals surface area contributed by atoms with E-state index >= 15 is 0 Å². The number of carbonyl (C=O) groups is 2. The van der Waals surface area contributed by atoms with Gasteiger partial charge in [0.1, 0.15) is 5.75 Å². The summed E-state index contributed by atoms with van der Waals surface area (Å²) in [6.45, 7) is 5.98. The molecule has 0 N–H and O–H groups in total. The van der Waals surface area contributed by atoms with Gasteiger partial charge in [0.15, 0.2) is 0 Å². The molecule has 6 heteroatoms. The van der Waals surface area contributed by atoms with Crippen LogP contribution in [0.2, 0.25) is 0 Å². The van der Waals surface area contributed by atoms with Gasteiger partial charge < -0.3 is 14.2 Å². The molecule has 32 heavy (non-hydrogen) atoms. The molecule has 0 spiro atoms. The highest BCUT2D eigenvalue weighted by Gasteiger charge is 2.25. The van der Waals surface area contributed by atoms with Crippen LogP contribution in [0.4, 0.5) is 9.59 Å². The lowest BCUT2D eigenvalue weighted by Gasteiger charge is -2.17. The van der Waals surface area contributed by atoms with Crippen molar-refractivity contribution in [2.24, 2.45) is 0 Å². The van der Waals surface area contributed by atoms with E-state index in [-0.39, 0.29) is 13.2 Å². The van der Waals surface area contributed by atoms with Crippen LogP contribution in [-0.2, 0) is 15.9 Å². The Kier molecular flexibility index (Phi) is 6.12. The van der Waals surface area contributed by atoms with Crippen LogP contribution < -0.4 is 4.74 Å². The van der Waals surface area contributed by atoms with Gasteiger partial charge in [-0.05, 0) is 38.0 Å². The Labute approximate surface area is 186 Å². The highest BCUT2D eigenvalue weighted by Crippen LogP contribution is 2.43. The van der Waals surface area contributed by atoms with Gasteiger partial charge in [0.25, 0.3) is 0 Å². The molecular formula is C26H25NO5. The number of nitrogens with zero attached hydrogens (tertiary/aromatic N) is 1. The van der Waals surface area contributed by atoms with Gasteiger partial charge in [-0.1, -0.05) is 55.5 Å². The molecule has 0 aliphatic carbocycles. The number of fused-ring (bicyclic) bond motifs is 3. The number of ether oxygens (including phenoxy) is 3. The van der Waals surface area contributed by atoms with E-state index in [1.807, 2.05) is 67.6 Å². The second-order valence-electron chi connectivity index (χ2n) is 7.18. The smallest absolute Gasteiger partial charge is 0.449 e. The maximum absolute atomic E-state index is 13.1. The first-order valence-corrected chi connectivity index (χ1v) is 10.8. The summed E-state index contributed by atoms with van der Waals surface area (Å²) >= 11 is 0. The van der Waals surface area contributed by atoms with E-state index in [4.69, 9.17) is 14.2 Å². The van der Waals surface area contributed by atoms with Gasteiger partial charge >= 0.3 is 12.2 Å². The molecule has 0 saturated carbocycles. The molecule has 3 aromatic carbocycles. The van der Waals surface area contributed by atoms with E-state index < -0.39 is 12.2 Å². The monoisotopic (exact) mass is 431 g/mol. The SMILES string of the molecule is CCOC(=O)Oc1cc2c3ccccc3n(C(=O)OCC)c2c(-c2ccccc2)c1CC. The maximum Gasteiger partial charge on any atom is 0.513 e. The van der Waals surface area contributed by atoms with Crippen molar-refractivity contribution in [2.75, 3.05) is 13.2 Å². The predicted molar refractivity (Wildman–Crippen MR) is 124 cm³/mol. The lowest BCUT2D eigenvalue weighted by atomic mass is 9.94. The van der Waals surface area contributed by atoms with Crippen LogP contribution in [0, 0.1) is 0 Å². The molecule has 0 aliphatic rings. The van der Waals surface area contributed by atoms with Crippen LogP contribution in [0.15, 0.2) is 60.7 Å². The van der Waals surface area contributed by atoms with Crippen LogP contribution in [-0.4, -0.2) is 30.0 Å².